The fourth-order valence-electron chi connectivity index (χ4n) is 3.16. The van der Waals surface area contributed by atoms with Gasteiger partial charge in [-0.25, -0.2) is 9.18 Å². The molecule has 1 amide bonds. The second kappa shape index (κ2) is 9.02. The summed E-state index contributed by atoms with van der Waals surface area (Å²) in [5.41, 5.74) is 5.42. The van der Waals surface area contributed by atoms with Gasteiger partial charge < -0.3 is 20.1 Å². The van der Waals surface area contributed by atoms with E-state index in [0.29, 0.717) is 31.8 Å². The van der Waals surface area contributed by atoms with E-state index in [1.165, 1.54) is 6.07 Å². The van der Waals surface area contributed by atoms with Crippen molar-refractivity contribution in [2.75, 3.05) is 26.2 Å². The Bertz CT molecular complexity index is 621. The van der Waals surface area contributed by atoms with Crippen molar-refractivity contribution in [1.29, 1.82) is 0 Å². The van der Waals surface area contributed by atoms with Gasteiger partial charge in [0.05, 0.1) is 17.7 Å². The molecule has 0 radical (unpaired) electrons. The third-order valence-corrected chi connectivity index (χ3v) is 4.53. The topological polar surface area (TPSA) is 64.8 Å². The average Bonchev–Trinajstić information content (AvgIpc) is 2.57. The van der Waals surface area contributed by atoms with Crippen LogP contribution in [0.15, 0.2) is 18.2 Å². The smallest absolute Gasteiger partial charge is 0.410 e. The minimum Gasteiger partial charge on any atom is -0.444 e. The Morgan fingerprint density at radius 3 is 2.85 bits per heavy atom. The van der Waals surface area contributed by atoms with Crippen molar-refractivity contribution in [2.24, 2.45) is 11.7 Å². The number of hydrogen-bond donors (Lipinski definition) is 1. The summed E-state index contributed by atoms with van der Waals surface area (Å²) < 4.78 is 25.9. The molecule has 2 rings (SSSR count). The first-order valence-corrected chi connectivity index (χ1v) is 9.34. The Labute approximate surface area is 159 Å². The van der Waals surface area contributed by atoms with E-state index in [9.17, 15) is 9.18 Å². The second-order valence-corrected chi connectivity index (χ2v) is 7.96. The molecular formula is C19H28ClFN2O3. The van der Waals surface area contributed by atoms with Crippen molar-refractivity contribution < 1.29 is 18.7 Å². The minimum atomic E-state index is -0.557. The summed E-state index contributed by atoms with van der Waals surface area (Å²) in [6.07, 6.45) is 0.753. The molecule has 1 saturated heterocycles. The molecule has 146 valence electrons. The summed E-state index contributed by atoms with van der Waals surface area (Å²) in [6.45, 7) is 7.20. The molecule has 0 spiro atoms. The quantitative estimate of drug-likeness (QED) is 0.825. The van der Waals surface area contributed by atoms with Gasteiger partial charge in [0.1, 0.15) is 11.4 Å². The zero-order valence-corrected chi connectivity index (χ0v) is 16.4. The van der Waals surface area contributed by atoms with Crippen LogP contribution in [0.25, 0.3) is 0 Å². The molecule has 1 heterocycles. The van der Waals surface area contributed by atoms with E-state index in [0.717, 1.165) is 12.8 Å². The minimum absolute atomic E-state index is 0.0589. The normalized spacial score (nSPS) is 19.3. The number of carbonyl (C=O) groups is 1. The van der Waals surface area contributed by atoms with Crippen molar-refractivity contribution in [1.82, 2.24) is 4.90 Å². The van der Waals surface area contributed by atoms with E-state index in [4.69, 9.17) is 26.8 Å². The van der Waals surface area contributed by atoms with Gasteiger partial charge in [0.15, 0.2) is 0 Å². The predicted molar refractivity (Wildman–Crippen MR) is 99.7 cm³/mol. The summed E-state index contributed by atoms with van der Waals surface area (Å²) >= 11 is 5.94. The standard InChI is InChI=1S/C19H28ClFN2O3/c1-19(2,3)26-18(24)23-10-5-6-13(12-23)17(25-11-9-22)14-7-4-8-15(20)16(14)21/h4,7-8,13,17H,5-6,9-12,22H2,1-3H3. The molecule has 5 nitrogen and oxygen atoms in total. The van der Waals surface area contributed by atoms with Crippen molar-refractivity contribution in [2.45, 2.75) is 45.3 Å². The molecule has 2 unspecified atom stereocenters. The van der Waals surface area contributed by atoms with Gasteiger partial charge in [-0.1, -0.05) is 23.7 Å². The van der Waals surface area contributed by atoms with Gasteiger partial charge in [0, 0.05) is 31.1 Å². The summed E-state index contributed by atoms with van der Waals surface area (Å²) in [6, 6.07) is 4.89. The van der Waals surface area contributed by atoms with Crippen LogP contribution < -0.4 is 5.73 Å². The highest BCUT2D eigenvalue weighted by Crippen LogP contribution is 2.36. The van der Waals surface area contributed by atoms with E-state index >= 15 is 0 Å². The molecule has 1 aliphatic rings. The van der Waals surface area contributed by atoms with E-state index < -0.39 is 17.5 Å². The van der Waals surface area contributed by atoms with Crippen LogP contribution in [0.3, 0.4) is 0 Å². The molecule has 26 heavy (non-hydrogen) atoms. The van der Waals surface area contributed by atoms with Gasteiger partial charge >= 0.3 is 6.09 Å². The third kappa shape index (κ3) is 5.56. The third-order valence-electron chi connectivity index (χ3n) is 4.24. The van der Waals surface area contributed by atoms with E-state index in [1.54, 1.807) is 17.0 Å². The van der Waals surface area contributed by atoms with Crippen LogP contribution in [-0.2, 0) is 9.47 Å². The van der Waals surface area contributed by atoms with Gasteiger partial charge in [-0.3, -0.25) is 0 Å². The van der Waals surface area contributed by atoms with E-state index in [2.05, 4.69) is 0 Å². The second-order valence-electron chi connectivity index (χ2n) is 7.55. The maximum Gasteiger partial charge on any atom is 0.410 e. The molecule has 0 saturated carbocycles. The molecule has 0 bridgehead atoms. The first-order chi connectivity index (χ1) is 12.2. The summed E-state index contributed by atoms with van der Waals surface area (Å²) in [5.74, 6) is -0.540. The molecular weight excluding hydrogens is 359 g/mol. The molecule has 2 atom stereocenters. The van der Waals surface area contributed by atoms with E-state index in [1.807, 2.05) is 20.8 Å². The van der Waals surface area contributed by atoms with Crippen LogP contribution in [0.2, 0.25) is 5.02 Å². The fourth-order valence-corrected chi connectivity index (χ4v) is 3.35. The molecule has 1 aliphatic heterocycles. The zero-order valence-electron chi connectivity index (χ0n) is 15.6. The number of halogens is 2. The lowest BCUT2D eigenvalue weighted by Gasteiger charge is -2.37. The van der Waals surface area contributed by atoms with Crippen LogP contribution in [0.5, 0.6) is 0 Å². The SMILES string of the molecule is CC(C)(C)OC(=O)N1CCCC(C(OCCN)c2cccc(Cl)c2F)C1. The highest BCUT2D eigenvalue weighted by molar-refractivity contribution is 6.30. The average molecular weight is 387 g/mol. The number of ether oxygens (including phenoxy) is 2. The van der Waals surface area contributed by atoms with Crippen LogP contribution >= 0.6 is 11.6 Å². The van der Waals surface area contributed by atoms with Crippen molar-refractivity contribution in [3.05, 3.63) is 34.6 Å². The molecule has 0 aromatic heterocycles. The molecule has 1 fully saturated rings. The number of nitrogens with zero attached hydrogens (tertiary/aromatic N) is 1. The number of likely N-dealkylation sites (tertiary alicyclic amines) is 1. The number of rotatable bonds is 5. The molecule has 7 heteroatoms. The van der Waals surface area contributed by atoms with Gasteiger partial charge in [-0.05, 0) is 39.7 Å². The van der Waals surface area contributed by atoms with Crippen LogP contribution in [0.1, 0.15) is 45.3 Å². The molecule has 2 N–H and O–H groups in total. The Morgan fingerprint density at radius 2 is 2.19 bits per heavy atom. The number of hydrogen-bond acceptors (Lipinski definition) is 4. The van der Waals surface area contributed by atoms with Crippen LogP contribution in [0.4, 0.5) is 9.18 Å². The van der Waals surface area contributed by atoms with Crippen LogP contribution in [0, 0.1) is 11.7 Å². The Morgan fingerprint density at radius 1 is 1.46 bits per heavy atom. The number of nitrogens with two attached hydrogens (primary N) is 1. The lowest BCUT2D eigenvalue weighted by atomic mass is 9.88. The highest BCUT2D eigenvalue weighted by Gasteiger charge is 2.34. The predicted octanol–water partition coefficient (Wildman–Crippen LogP) is 4.14. The van der Waals surface area contributed by atoms with Gasteiger partial charge in [0.25, 0.3) is 0 Å². The van der Waals surface area contributed by atoms with Crippen LogP contribution in [-0.4, -0.2) is 42.8 Å². The monoisotopic (exact) mass is 386 g/mol. The number of carbonyl (C=O) groups excluding carboxylic acids is 1. The van der Waals surface area contributed by atoms with Gasteiger partial charge in [-0.15, -0.1) is 0 Å². The largest absolute Gasteiger partial charge is 0.444 e. The first-order valence-electron chi connectivity index (χ1n) is 8.96. The lowest BCUT2D eigenvalue weighted by molar-refractivity contribution is -0.0246. The van der Waals surface area contributed by atoms with Crippen molar-refractivity contribution in [3.8, 4) is 0 Å². The lowest BCUT2D eigenvalue weighted by Crippen LogP contribution is -2.44. The maximum atomic E-state index is 14.6. The summed E-state index contributed by atoms with van der Waals surface area (Å²) in [7, 11) is 0. The Kier molecular flexibility index (Phi) is 7.26. The highest BCUT2D eigenvalue weighted by atomic mass is 35.5. The van der Waals surface area contributed by atoms with Crippen molar-refractivity contribution in [3.63, 3.8) is 0 Å². The summed E-state index contributed by atoms with van der Waals surface area (Å²) in [4.78, 5) is 14.1. The fraction of sp³-hybridized carbons (Fsp3) is 0.632. The van der Waals surface area contributed by atoms with Gasteiger partial charge in [0.2, 0.25) is 0 Å². The molecule has 1 aromatic carbocycles. The zero-order chi connectivity index (χ0) is 19.3. The van der Waals surface area contributed by atoms with E-state index in [-0.39, 0.29) is 17.0 Å². The Hall–Kier alpha value is -1.37. The first kappa shape index (κ1) is 20.9. The Balaban J connectivity index is 2.19. The number of amides is 1. The summed E-state index contributed by atoms with van der Waals surface area (Å²) in [5, 5.41) is 0.0589. The van der Waals surface area contributed by atoms with Gasteiger partial charge in [-0.2, -0.15) is 0 Å². The molecule has 1 aromatic rings. The maximum absolute atomic E-state index is 14.6. The number of piperidine rings is 1. The number of benzene rings is 1. The van der Waals surface area contributed by atoms with Crippen molar-refractivity contribution >= 4 is 17.7 Å². The molecule has 0 aliphatic carbocycles.